The van der Waals surface area contributed by atoms with Gasteiger partial charge in [-0.1, -0.05) is 63.2 Å². The van der Waals surface area contributed by atoms with Crippen molar-refractivity contribution in [1.82, 2.24) is 9.88 Å². The molecule has 10 heteroatoms. The maximum absolute atomic E-state index is 13.1. The first-order valence-electron chi connectivity index (χ1n) is 12.2. The van der Waals surface area contributed by atoms with Crippen molar-refractivity contribution in [2.24, 2.45) is 17.1 Å². The highest BCUT2D eigenvalue weighted by atomic mass is 19.4. The zero-order valence-electron chi connectivity index (χ0n) is 21.3. The van der Waals surface area contributed by atoms with Crippen LogP contribution < -0.4 is 15.8 Å². The molecule has 2 amide bonds. The summed E-state index contributed by atoms with van der Waals surface area (Å²) in [6.45, 7) is 6.66. The number of primary amides is 1. The largest absolute Gasteiger partial charge is 0.573 e. The van der Waals surface area contributed by atoms with Gasteiger partial charge in [0.1, 0.15) is 11.4 Å². The normalized spacial score (nSPS) is 16.4. The molecule has 1 unspecified atom stereocenters. The Balaban J connectivity index is 1.90. The highest BCUT2D eigenvalue weighted by Crippen LogP contribution is 2.45. The van der Waals surface area contributed by atoms with Crippen molar-refractivity contribution in [3.63, 3.8) is 0 Å². The lowest BCUT2D eigenvalue weighted by atomic mass is 9.73. The fourth-order valence-corrected chi connectivity index (χ4v) is 5.21. The first-order valence-corrected chi connectivity index (χ1v) is 12.2. The Morgan fingerprint density at radius 1 is 1.08 bits per heavy atom. The second-order valence-corrected chi connectivity index (χ2v) is 10.3. The second-order valence-electron chi connectivity index (χ2n) is 10.3. The van der Waals surface area contributed by atoms with Gasteiger partial charge in [-0.05, 0) is 47.1 Å². The number of nitrogens with one attached hydrogen (secondary N) is 1. The molecule has 0 bridgehead atoms. The monoisotopic (exact) mass is 529 g/mol. The summed E-state index contributed by atoms with van der Waals surface area (Å²) < 4.78 is 50.0. The maximum atomic E-state index is 13.1. The third kappa shape index (κ3) is 5.95. The Morgan fingerprint density at radius 3 is 2.39 bits per heavy atom. The number of ether oxygens (including phenoxy) is 2. The van der Waals surface area contributed by atoms with Gasteiger partial charge in [-0.3, -0.25) is 4.79 Å². The summed E-state index contributed by atoms with van der Waals surface area (Å²) in [5, 5.41) is 2.96. The van der Waals surface area contributed by atoms with Crippen molar-refractivity contribution in [2.75, 3.05) is 13.2 Å². The lowest BCUT2D eigenvalue weighted by molar-refractivity contribution is -0.274. The van der Waals surface area contributed by atoms with Crippen molar-refractivity contribution in [2.45, 2.75) is 39.6 Å². The number of aromatic nitrogens is 1. The summed E-state index contributed by atoms with van der Waals surface area (Å²) in [5.41, 5.74) is 7.89. The molecule has 7 nitrogen and oxygen atoms in total. The molecule has 0 spiro atoms. The van der Waals surface area contributed by atoms with Crippen molar-refractivity contribution in [3.8, 4) is 28.1 Å². The number of nitrogens with zero attached hydrogens (tertiary/aromatic N) is 1. The van der Waals surface area contributed by atoms with Crippen LogP contribution >= 0.6 is 0 Å². The third-order valence-electron chi connectivity index (χ3n) is 6.75. The van der Waals surface area contributed by atoms with E-state index in [1.165, 1.54) is 18.2 Å². The van der Waals surface area contributed by atoms with Crippen LogP contribution in [0, 0.1) is 11.3 Å². The minimum atomic E-state index is -4.83. The first-order chi connectivity index (χ1) is 17.8. The van der Waals surface area contributed by atoms with Crippen LogP contribution in [0.15, 0.2) is 60.7 Å². The molecule has 2 heterocycles. The number of hydrogen-bond donors (Lipinski definition) is 2. The summed E-state index contributed by atoms with van der Waals surface area (Å²) in [7, 11) is 0. The Hall–Kier alpha value is -3.95. The number of halogens is 3. The van der Waals surface area contributed by atoms with E-state index in [1.54, 1.807) is 12.1 Å². The number of fused-ring (bicyclic) bond motifs is 1. The van der Waals surface area contributed by atoms with Crippen molar-refractivity contribution in [3.05, 3.63) is 66.4 Å². The zero-order valence-corrected chi connectivity index (χ0v) is 21.3. The van der Waals surface area contributed by atoms with Gasteiger partial charge < -0.3 is 25.1 Å². The number of rotatable bonds is 7. The van der Waals surface area contributed by atoms with Gasteiger partial charge in [-0.25, -0.2) is 4.79 Å². The molecular weight excluding hydrogens is 499 g/mol. The zero-order chi connectivity index (χ0) is 27.7. The van der Waals surface area contributed by atoms with Crippen molar-refractivity contribution >= 4 is 12.0 Å². The molecular formula is C28H30F3N3O4. The van der Waals surface area contributed by atoms with Crippen molar-refractivity contribution in [1.29, 1.82) is 0 Å². The number of nitrogens with two attached hydrogens (primary N) is 1. The molecule has 2 aromatic carbocycles. The fourth-order valence-electron chi connectivity index (χ4n) is 5.21. The number of amides is 2. The van der Waals surface area contributed by atoms with Crippen LogP contribution in [0.4, 0.5) is 18.0 Å². The quantitative estimate of drug-likeness (QED) is 0.384. The van der Waals surface area contributed by atoms with E-state index in [1.807, 2.05) is 34.9 Å². The van der Waals surface area contributed by atoms with E-state index in [0.717, 1.165) is 5.56 Å². The predicted octanol–water partition coefficient (Wildman–Crippen LogP) is 6.15. The van der Waals surface area contributed by atoms with Gasteiger partial charge >= 0.3 is 12.5 Å². The van der Waals surface area contributed by atoms with Crippen molar-refractivity contribution < 1.29 is 32.2 Å². The smallest absolute Gasteiger partial charge is 0.450 e. The van der Waals surface area contributed by atoms with Gasteiger partial charge in [0.2, 0.25) is 0 Å². The Kier molecular flexibility index (Phi) is 7.44. The summed E-state index contributed by atoms with van der Waals surface area (Å²) >= 11 is 0. The Labute approximate surface area is 218 Å². The number of hydrogen-bond acceptors (Lipinski definition) is 4. The molecule has 1 aliphatic heterocycles. The lowest BCUT2D eigenvalue weighted by Crippen LogP contribution is -2.45. The highest BCUT2D eigenvalue weighted by Gasteiger charge is 2.40. The topological polar surface area (TPSA) is 95.6 Å². The van der Waals surface area contributed by atoms with Crippen LogP contribution in [0.5, 0.6) is 5.75 Å². The predicted molar refractivity (Wildman–Crippen MR) is 136 cm³/mol. The van der Waals surface area contributed by atoms with E-state index in [2.05, 4.69) is 30.8 Å². The average Bonchev–Trinajstić information content (AvgIpc) is 3.23. The molecule has 4 rings (SSSR count). The van der Waals surface area contributed by atoms with Crippen LogP contribution in [0.1, 0.15) is 43.7 Å². The van der Waals surface area contributed by atoms with E-state index in [4.69, 9.17) is 10.5 Å². The van der Waals surface area contributed by atoms with Gasteiger partial charge in [-0.15, -0.1) is 13.2 Å². The van der Waals surface area contributed by atoms with E-state index < -0.39 is 12.5 Å². The standard InChI is InChI=1S/C28H30F3N3O4/c1-27(2,3)21(12-13-37-26(32)36)23-16-33-25(35)22-15-20(24(34(22)23)17-8-5-4-6-9-17)18-10-7-11-19(14-18)38-28(29,30)31/h4-11,14-15,21,23H,12-13,16H2,1-3H3,(H2,32,36)(H,33,35)/t21?,23-/m1/s1. The fraction of sp³-hybridized carbons (Fsp3) is 0.357. The number of carbonyl (C=O) groups is 2. The summed E-state index contributed by atoms with van der Waals surface area (Å²) in [5.74, 6) is -0.701. The van der Waals surface area contributed by atoms with E-state index in [9.17, 15) is 22.8 Å². The van der Waals surface area contributed by atoms with Crippen LogP contribution in [0.3, 0.4) is 0 Å². The molecule has 3 N–H and O–H groups in total. The first kappa shape index (κ1) is 27.1. The summed E-state index contributed by atoms with van der Waals surface area (Å²) in [6, 6.07) is 16.6. The number of benzene rings is 2. The molecule has 1 aromatic heterocycles. The molecule has 38 heavy (non-hydrogen) atoms. The minimum absolute atomic E-state index is 0.0659. The molecule has 0 radical (unpaired) electrons. The highest BCUT2D eigenvalue weighted by molar-refractivity contribution is 5.98. The van der Waals surface area contributed by atoms with Crippen LogP contribution in [0.25, 0.3) is 22.4 Å². The molecule has 0 saturated carbocycles. The van der Waals surface area contributed by atoms with Gasteiger partial charge in [0.25, 0.3) is 5.91 Å². The Morgan fingerprint density at radius 2 is 1.76 bits per heavy atom. The molecule has 3 aromatic rings. The van der Waals surface area contributed by atoms with Gasteiger partial charge in [-0.2, -0.15) is 0 Å². The average molecular weight is 530 g/mol. The van der Waals surface area contributed by atoms with Gasteiger partial charge in [0, 0.05) is 12.1 Å². The summed E-state index contributed by atoms with van der Waals surface area (Å²) in [4.78, 5) is 24.3. The van der Waals surface area contributed by atoms with E-state index >= 15 is 0 Å². The molecule has 2 atom stereocenters. The van der Waals surface area contributed by atoms with Crippen LogP contribution in [-0.2, 0) is 4.74 Å². The maximum Gasteiger partial charge on any atom is 0.573 e. The van der Waals surface area contributed by atoms with E-state index in [0.29, 0.717) is 35.5 Å². The summed E-state index contributed by atoms with van der Waals surface area (Å²) in [6.07, 6.45) is -5.20. The SMILES string of the molecule is CC(C)(C)C(CCOC(N)=O)[C@H]1CNC(=O)c2cc(-c3cccc(OC(F)(F)F)c3)c(-c3ccccc3)n21. The Bertz CT molecular complexity index is 1310. The second kappa shape index (κ2) is 10.4. The molecule has 0 fully saturated rings. The number of alkyl halides is 3. The van der Waals surface area contributed by atoms with E-state index in [-0.39, 0.29) is 35.6 Å². The lowest BCUT2D eigenvalue weighted by Gasteiger charge is -2.41. The van der Waals surface area contributed by atoms with Crippen LogP contribution in [0.2, 0.25) is 0 Å². The third-order valence-corrected chi connectivity index (χ3v) is 6.75. The minimum Gasteiger partial charge on any atom is -0.450 e. The number of carbonyl (C=O) groups excluding carboxylic acids is 2. The van der Waals surface area contributed by atoms with Gasteiger partial charge in [0.05, 0.1) is 18.3 Å². The molecule has 202 valence electrons. The molecule has 1 aliphatic rings. The van der Waals surface area contributed by atoms with Crippen LogP contribution in [-0.4, -0.2) is 36.1 Å². The molecule has 0 saturated heterocycles. The van der Waals surface area contributed by atoms with Gasteiger partial charge in [0.15, 0.2) is 0 Å². The molecule has 0 aliphatic carbocycles.